The highest BCUT2D eigenvalue weighted by atomic mass is 35.5. The van der Waals surface area contributed by atoms with Gasteiger partial charge in [0.2, 0.25) is 11.2 Å². The van der Waals surface area contributed by atoms with Crippen molar-refractivity contribution in [1.82, 2.24) is 20.4 Å². The van der Waals surface area contributed by atoms with Gasteiger partial charge < -0.3 is 0 Å². The lowest BCUT2D eigenvalue weighted by atomic mass is 10.9. The molecule has 1 heterocycles. The van der Waals surface area contributed by atoms with Crippen LogP contribution >= 0.6 is 11.6 Å². The fraction of sp³-hybridized carbons (Fsp3) is 0. The Labute approximate surface area is 67.2 Å². The lowest BCUT2D eigenvalue weighted by molar-refractivity contribution is 0.967. The van der Waals surface area contributed by atoms with Gasteiger partial charge >= 0.3 is 0 Å². The summed E-state index contributed by atoms with van der Waals surface area (Å²) in [5, 5.41) is 8.14. The number of hydrogen-bond donors (Lipinski definition) is 2. The summed E-state index contributed by atoms with van der Waals surface area (Å²) in [7, 11) is 0. The van der Waals surface area contributed by atoms with Crippen molar-refractivity contribution in [3.05, 3.63) is 11.6 Å². The van der Waals surface area contributed by atoms with Crippen LogP contribution in [-0.2, 0) is 0 Å². The molecule has 0 spiro atoms. The summed E-state index contributed by atoms with van der Waals surface area (Å²) in [6.45, 7) is 0. The van der Waals surface area contributed by atoms with Gasteiger partial charge in [0.25, 0.3) is 0 Å². The minimum Gasteiger partial charge on any atom is -0.259 e. The zero-order chi connectivity index (χ0) is 8.10. The lowest BCUT2D eigenvalue weighted by Crippen LogP contribution is -2.16. The number of nitrogens with one attached hydrogen (secondary N) is 2. The molecule has 6 nitrogen and oxygen atoms in total. The van der Waals surface area contributed by atoms with Crippen molar-refractivity contribution in [2.75, 3.05) is 5.43 Å². The number of rotatable bonds is 2. The average molecular weight is 171 g/mol. The van der Waals surface area contributed by atoms with Gasteiger partial charge in [0.05, 0.1) is 0 Å². The number of anilines is 1. The highest BCUT2D eigenvalue weighted by molar-refractivity contribution is 6.28. The van der Waals surface area contributed by atoms with Crippen LogP contribution in [0.4, 0.5) is 5.95 Å². The lowest BCUT2D eigenvalue weighted by Gasteiger charge is -1.97. The van der Waals surface area contributed by atoms with E-state index in [1.165, 1.54) is 6.33 Å². The van der Waals surface area contributed by atoms with Gasteiger partial charge in [-0.1, -0.05) is 0 Å². The first-order valence-electron chi connectivity index (χ1n) is 2.57. The van der Waals surface area contributed by atoms with E-state index in [1.807, 2.05) is 0 Å². The molecule has 0 atom stereocenters. The second-order valence-corrected chi connectivity index (χ2v) is 1.78. The molecule has 0 saturated heterocycles. The van der Waals surface area contributed by atoms with Crippen molar-refractivity contribution >= 4 is 17.5 Å². The molecule has 1 aromatic heterocycles. The van der Waals surface area contributed by atoms with Crippen LogP contribution < -0.4 is 10.9 Å². The minimum atomic E-state index is 0.0715. The molecule has 1 rings (SSSR count). The molecular weight excluding hydrogens is 168 g/mol. The Kier molecular flexibility index (Phi) is 2.41. The first-order valence-corrected chi connectivity index (χ1v) is 2.95. The van der Waals surface area contributed by atoms with E-state index < -0.39 is 0 Å². The largest absolute Gasteiger partial charge is 0.259 e. The van der Waals surface area contributed by atoms with Crippen LogP contribution in [0.5, 0.6) is 0 Å². The molecule has 0 aliphatic carbocycles. The third-order valence-corrected chi connectivity index (χ3v) is 0.955. The molecular formula is C4H3ClN6. The molecule has 11 heavy (non-hydrogen) atoms. The molecule has 0 aliphatic heterocycles. The summed E-state index contributed by atoms with van der Waals surface area (Å²) >= 11 is 5.41. The van der Waals surface area contributed by atoms with E-state index in [4.69, 9.17) is 16.9 Å². The molecule has 56 valence electrons. The van der Waals surface area contributed by atoms with Crippen LogP contribution in [0.3, 0.4) is 0 Å². The zero-order valence-corrected chi connectivity index (χ0v) is 6.00. The summed E-state index contributed by atoms with van der Waals surface area (Å²) < 4.78 is 0. The summed E-state index contributed by atoms with van der Waals surface area (Å²) in [5.74, 6) is 0.201. The second-order valence-electron chi connectivity index (χ2n) is 1.44. The van der Waals surface area contributed by atoms with Crippen LogP contribution in [0, 0.1) is 11.5 Å². The fourth-order valence-electron chi connectivity index (χ4n) is 0.420. The molecule has 2 N–H and O–H groups in total. The maximum absolute atomic E-state index is 8.07. The summed E-state index contributed by atoms with van der Waals surface area (Å²) in [5.41, 5.74) is 4.51. The number of nitrogens with zero attached hydrogens (tertiary/aromatic N) is 4. The quantitative estimate of drug-likeness (QED) is 0.367. The standard InChI is InChI=1S/C4H3ClN6/c5-3-7-2-8-4(10-3)11-9-1-6/h2,9H,(H,7,8,10,11). The second kappa shape index (κ2) is 3.53. The Hall–Kier alpha value is -1.61. The van der Waals surface area contributed by atoms with E-state index >= 15 is 0 Å². The van der Waals surface area contributed by atoms with E-state index in [1.54, 1.807) is 6.19 Å². The number of nitriles is 1. The Morgan fingerprint density at radius 3 is 3.00 bits per heavy atom. The Morgan fingerprint density at radius 2 is 2.36 bits per heavy atom. The predicted molar refractivity (Wildman–Crippen MR) is 37.2 cm³/mol. The van der Waals surface area contributed by atoms with Crippen molar-refractivity contribution in [2.45, 2.75) is 0 Å². The maximum atomic E-state index is 8.07. The maximum Gasteiger partial charge on any atom is 0.246 e. The van der Waals surface area contributed by atoms with Gasteiger partial charge in [-0.15, -0.1) is 0 Å². The van der Waals surface area contributed by atoms with Crippen LogP contribution in [0.1, 0.15) is 0 Å². The molecule has 0 radical (unpaired) electrons. The third-order valence-electron chi connectivity index (χ3n) is 0.773. The minimum absolute atomic E-state index is 0.0715. The van der Waals surface area contributed by atoms with Gasteiger partial charge in [-0.25, -0.2) is 10.4 Å². The molecule has 0 amide bonds. The Morgan fingerprint density at radius 1 is 1.55 bits per heavy atom. The third kappa shape index (κ3) is 2.23. The summed E-state index contributed by atoms with van der Waals surface area (Å²) in [6, 6.07) is 0. The van der Waals surface area contributed by atoms with E-state index in [9.17, 15) is 0 Å². The number of aromatic nitrogens is 3. The molecule has 0 saturated carbocycles. The number of hydrogen-bond acceptors (Lipinski definition) is 6. The van der Waals surface area contributed by atoms with Crippen molar-refractivity contribution < 1.29 is 0 Å². The predicted octanol–water partition coefficient (Wildman–Crippen LogP) is -0.0774. The molecule has 0 fully saturated rings. The highest BCUT2D eigenvalue weighted by Gasteiger charge is 1.94. The van der Waals surface area contributed by atoms with Crippen molar-refractivity contribution in [3.8, 4) is 6.19 Å². The van der Waals surface area contributed by atoms with Gasteiger partial charge in [-0.05, 0) is 11.6 Å². The van der Waals surface area contributed by atoms with Crippen molar-refractivity contribution in [1.29, 1.82) is 5.26 Å². The van der Waals surface area contributed by atoms with Crippen LogP contribution in [0.15, 0.2) is 6.33 Å². The van der Waals surface area contributed by atoms with E-state index in [-0.39, 0.29) is 11.2 Å². The van der Waals surface area contributed by atoms with Gasteiger partial charge in [-0.3, -0.25) is 5.43 Å². The number of halogens is 1. The van der Waals surface area contributed by atoms with E-state index in [0.29, 0.717) is 0 Å². The smallest absolute Gasteiger partial charge is 0.246 e. The zero-order valence-electron chi connectivity index (χ0n) is 5.24. The molecule has 7 heteroatoms. The van der Waals surface area contributed by atoms with Crippen molar-refractivity contribution in [3.63, 3.8) is 0 Å². The average Bonchev–Trinajstić information content (AvgIpc) is 2.01. The normalized spacial score (nSPS) is 8.36. The summed E-state index contributed by atoms with van der Waals surface area (Å²) in [4.78, 5) is 10.8. The highest BCUT2D eigenvalue weighted by Crippen LogP contribution is 1.99. The van der Waals surface area contributed by atoms with Crippen LogP contribution in [-0.4, -0.2) is 15.0 Å². The van der Waals surface area contributed by atoms with Gasteiger partial charge in [0.1, 0.15) is 6.33 Å². The Balaban J connectivity index is 2.65. The monoisotopic (exact) mass is 170 g/mol. The SMILES string of the molecule is N#CNNc1ncnc(Cl)n1. The van der Waals surface area contributed by atoms with Crippen molar-refractivity contribution in [2.24, 2.45) is 0 Å². The molecule has 1 aromatic rings. The first-order chi connectivity index (χ1) is 5.33. The first kappa shape index (κ1) is 7.50. The van der Waals surface area contributed by atoms with Crippen LogP contribution in [0.25, 0.3) is 0 Å². The molecule has 0 unspecified atom stereocenters. The van der Waals surface area contributed by atoms with Gasteiger partial charge in [-0.2, -0.15) is 15.2 Å². The summed E-state index contributed by atoms with van der Waals surface area (Å²) in [6.07, 6.45) is 2.86. The van der Waals surface area contributed by atoms with Crippen LogP contribution in [0.2, 0.25) is 5.28 Å². The van der Waals surface area contributed by atoms with E-state index in [0.717, 1.165) is 0 Å². The molecule has 0 aromatic carbocycles. The molecule has 0 bridgehead atoms. The fourth-order valence-corrected chi connectivity index (χ4v) is 0.544. The molecule has 0 aliphatic rings. The van der Waals surface area contributed by atoms with E-state index in [2.05, 4.69) is 25.8 Å². The topological polar surface area (TPSA) is 86.5 Å². The van der Waals surface area contributed by atoms with Gasteiger partial charge in [0.15, 0.2) is 6.19 Å². The number of hydrazine groups is 1. The van der Waals surface area contributed by atoms with Gasteiger partial charge in [0, 0.05) is 0 Å². The Bertz CT molecular complexity index is 280.